The van der Waals surface area contributed by atoms with Crippen LogP contribution in [0.2, 0.25) is 5.02 Å². The van der Waals surface area contributed by atoms with E-state index in [9.17, 15) is 14.0 Å². The summed E-state index contributed by atoms with van der Waals surface area (Å²) in [6.07, 6.45) is 7.93. The molecule has 0 atom stereocenters. The average Bonchev–Trinajstić information content (AvgIpc) is 2.52. The smallest absolute Gasteiger partial charge is 0.313 e. The number of rotatable bonds is 9. The van der Waals surface area contributed by atoms with Crippen molar-refractivity contribution in [3.63, 3.8) is 0 Å². The molecule has 4 nitrogen and oxygen atoms in total. The molecule has 0 aliphatic heterocycles. The van der Waals surface area contributed by atoms with Crippen LogP contribution in [0.4, 0.5) is 10.1 Å². The molecule has 0 radical (unpaired) electrons. The highest BCUT2D eigenvalue weighted by Crippen LogP contribution is 2.18. The van der Waals surface area contributed by atoms with Gasteiger partial charge in [0.15, 0.2) is 0 Å². The van der Waals surface area contributed by atoms with Gasteiger partial charge in [0, 0.05) is 11.6 Å². The minimum atomic E-state index is -0.880. The number of benzene rings is 1. The van der Waals surface area contributed by atoms with Crippen LogP contribution >= 0.6 is 11.6 Å². The van der Waals surface area contributed by atoms with E-state index in [1.54, 1.807) is 0 Å². The highest BCUT2D eigenvalue weighted by Gasteiger charge is 2.15. The van der Waals surface area contributed by atoms with Gasteiger partial charge in [0.2, 0.25) is 0 Å². The van der Waals surface area contributed by atoms with Crippen LogP contribution in [-0.2, 0) is 9.59 Å². The molecule has 6 heteroatoms. The summed E-state index contributed by atoms with van der Waals surface area (Å²) in [6.45, 7) is 2.62. The first-order chi connectivity index (χ1) is 11.0. The van der Waals surface area contributed by atoms with Crippen molar-refractivity contribution in [3.05, 3.63) is 29.0 Å². The molecule has 0 aromatic heterocycles. The fourth-order valence-electron chi connectivity index (χ4n) is 2.13. The largest absolute Gasteiger partial charge is 0.348 e. The third kappa shape index (κ3) is 7.98. The first kappa shape index (κ1) is 19.4. The van der Waals surface area contributed by atoms with Crippen LogP contribution in [0, 0.1) is 5.82 Å². The molecule has 0 aliphatic rings. The third-order valence-electron chi connectivity index (χ3n) is 3.45. The van der Waals surface area contributed by atoms with E-state index >= 15 is 0 Å². The molecule has 0 aliphatic carbocycles. The number of carbonyl (C=O) groups is 2. The van der Waals surface area contributed by atoms with Crippen molar-refractivity contribution in [2.24, 2.45) is 0 Å². The van der Waals surface area contributed by atoms with Crippen molar-refractivity contribution in [2.75, 3.05) is 11.9 Å². The predicted octanol–water partition coefficient (Wildman–Crippen LogP) is 4.28. The quantitative estimate of drug-likeness (QED) is 0.519. The maximum absolute atomic E-state index is 13.5. The topological polar surface area (TPSA) is 58.2 Å². The second kappa shape index (κ2) is 11.0. The fourth-order valence-corrected chi connectivity index (χ4v) is 2.29. The average molecular weight is 343 g/mol. The Bertz CT molecular complexity index is 523. The van der Waals surface area contributed by atoms with Crippen LogP contribution in [0.3, 0.4) is 0 Å². The Morgan fingerprint density at radius 2 is 1.70 bits per heavy atom. The number of halogens is 2. The molecule has 1 rings (SSSR count). The van der Waals surface area contributed by atoms with Crippen LogP contribution in [0.5, 0.6) is 0 Å². The van der Waals surface area contributed by atoms with Crippen molar-refractivity contribution >= 4 is 29.1 Å². The van der Waals surface area contributed by atoms with Gasteiger partial charge >= 0.3 is 11.8 Å². The lowest BCUT2D eigenvalue weighted by atomic mass is 10.1. The molecule has 0 heterocycles. The highest BCUT2D eigenvalue weighted by atomic mass is 35.5. The normalized spacial score (nSPS) is 10.4. The van der Waals surface area contributed by atoms with E-state index in [-0.39, 0.29) is 10.7 Å². The third-order valence-corrected chi connectivity index (χ3v) is 3.69. The van der Waals surface area contributed by atoms with Gasteiger partial charge in [0.05, 0.1) is 5.69 Å². The maximum Gasteiger partial charge on any atom is 0.313 e. The minimum Gasteiger partial charge on any atom is -0.348 e. The summed E-state index contributed by atoms with van der Waals surface area (Å²) in [6, 6.07) is 3.84. The molecule has 23 heavy (non-hydrogen) atoms. The summed E-state index contributed by atoms with van der Waals surface area (Å²) in [5.41, 5.74) is -0.0644. The van der Waals surface area contributed by atoms with Crippen molar-refractivity contribution < 1.29 is 14.0 Å². The molecule has 0 spiro atoms. The molecular formula is C17H24ClFN2O2. The van der Waals surface area contributed by atoms with Gasteiger partial charge in [-0.1, -0.05) is 57.0 Å². The van der Waals surface area contributed by atoms with Crippen molar-refractivity contribution in [2.45, 2.75) is 51.9 Å². The van der Waals surface area contributed by atoms with Crippen LogP contribution in [0.15, 0.2) is 18.2 Å². The lowest BCUT2D eigenvalue weighted by Gasteiger charge is -2.07. The van der Waals surface area contributed by atoms with Crippen molar-refractivity contribution in [3.8, 4) is 0 Å². The Morgan fingerprint density at radius 3 is 2.35 bits per heavy atom. The highest BCUT2D eigenvalue weighted by molar-refractivity contribution is 6.39. The fraction of sp³-hybridized carbons (Fsp3) is 0.529. The van der Waals surface area contributed by atoms with E-state index in [4.69, 9.17) is 11.6 Å². The van der Waals surface area contributed by atoms with Gasteiger partial charge in [-0.05, 0) is 24.6 Å². The van der Waals surface area contributed by atoms with Gasteiger partial charge < -0.3 is 10.6 Å². The van der Waals surface area contributed by atoms with E-state index in [2.05, 4.69) is 17.6 Å². The molecule has 0 saturated heterocycles. The summed E-state index contributed by atoms with van der Waals surface area (Å²) in [7, 11) is 0. The van der Waals surface area contributed by atoms with E-state index in [0.29, 0.717) is 6.54 Å². The number of carbonyl (C=O) groups excluding carboxylic acids is 2. The number of amides is 2. The summed E-state index contributed by atoms with van der Waals surface area (Å²) < 4.78 is 13.5. The summed E-state index contributed by atoms with van der Waals surface area (Å²) >= 11 is 5.62. The van der Waals surface area contributed by atoms with Gasteiger partial charge in [-0.3, -0.25) is 9.59 Å². The molecule has 1 aromatic rings. The van der Waals surface area contributed by atoms with Crippen LogP contribution in [0.25, 0.3) is 0 Å². The van der Waals surface area contributed by atoms with Crippen LogP contribution in [-0.4, -0.2) is 18.4 Å². The number of nitrogens with one attached hydrogen (secondary N) is 2. The Balaban J connectivity index is 2.20. The molecule has 0 fully saturated rings. The zero-order chi connectivity index (χ0) is 17.1. The Hall–Kier alpha value is -1.62. The minimum absolute atomic E-state index is 0.0644. The number of anilines is 1. The number of unbranched alkanes of at least 4 members (excludes halogenated alkanes) is 6. The first-order valence-electron chi connectivity index (χ1n) is 8.08. The second-order valence-corrected chi connectivity index (χ2v) is 5.89. The molecule has 128 valence electrons. The Morgan fingerprint density at radius 1 is 1.04 bits per heavy atom. The lowest BCUT2D eigenvalue weighted by molar-refractivity contribution is -0.136. The monoisotopic (exact) mass is 342 g/mol. The van der Waals surface area contributed by atoms with Crippen molar-refractivity contribution in [1.29, 1.82) is 0 Å². The maximum atomic E-state index is 13.5. The van der Waals surface area contributed by atoms with Crippen LogP contribution in [0.1, 0.15) is 51.9 Å². The van der Waals surface area contributed by atoms with E-state index in [1.807, 2.05) is 0 Å². The molecule has 2 amide bonds. The summed E-state index contributed by atoms with van der Waals surface area (Å²) in [5, 5.41) is 4.99. The Kier molecular flexibility index (Phi) is 9.29. The Labute approximate surface area is 141 Å². The van der Waals surface area contributed by atoms with E-state index in [1.165, 1.54) is 37.8 Å². The first-order valence-corrected chi connectivity index (χ1v) is 8.46. The van der Waals surface area contributed by atoms with Gasteiger partial charge in [-0.15, -0.1) is 0 Å². The van der Waals surface area contributed by atoms with Gasteiger partial charge in [0.1, 0.15) is 5.82 Å². The zero-order valence-corrected chi connectivity index (χ0v) is 14.2. The van der Waals surface area contributed by atoms with Gasteiger partial charge in [0.25, 0.3) is 0 Å². The van der Waals surface area contributed by atoms with E-state index < -0.39 is 17.6 Å². The lowest BCUT2D eigenvalue weighted by Crippen LogP contribution is -2.36. The molecule has 1 aromatic carbocycles. The van der Waals surface area contributed by atoms with E-state index in [0.717, 1.165) is 25.3 Å². The molecular weight excluding hydrogens is 319 g/mol. The van der Waals surface area contributed by atoms with Gasteiger partial charge in [-0.2, -0.15) is 0 Å². The number of hydrogen-bond donors (Lipinski definition) is 2. The summed E-state index contributed by atoms with van der Waals surface area (Å²) in [4.78, 5) is 23.3. The SMILES string of the molecule is CCCCCCCCCNC(=O)C(=O)Nc1ccc(Cl)cc1F. The number of hydrogen-bond acceptors (Lipinski definition) is 2. The molecule has 0 unspecified atom stereocenters. The molecule has 2 N–H and O–H groups in total. The summed E-state index contributed by atoms with van der Waals surface area (Å²) in [5.74, 6) is -2.31. The van der Waals surface area contributed by atoms with Crippen molar-refractivity contribution in [1.82, 2.24) is 5.32 Å². The zero-order valence-electron chi connectivity index (χ0n) is 13.5. The predicted molar refractivity (Wildman–Crippen MR) is 91.0 cm³/mol. The molecule has 0 saturated carbocycles. The standard InChI is InChI=1S/C17H24ClFN2O2/c1-2-3-4-5-6-7-8-11-20-16(22)17(23)21-15-10-9-13(18)12-14(15)19/h9-10,12H,2-8,11H2,1H3,(H,20,22)(H,21,23). The van der Waals surface area contributed by atoms with Crippen LogP contribution < -0.4 is 10.6 Å². The van der Waals surface area contributed by atoms with Gasteiger partial charge in [-0.25, -0.2) is 4.39 Å². The molecule has 0 bridgehead atoms. The second-order valence-electron chi connectivity index (χ2n) is 5.46.